The second kappa shape index (κ2) is 6.80. The lowest BCUT2D eigenvalue weighted by Crippen LogP contribution is -2.40. The second-order valence-electron chi connectivity index (χ2n) is 5.15. The van der Waals surface area contributed by atoms with Gasteiger partial charge in [0, 0.05) is 45.0 Å². The third-order valence-electron chi connectivity index (χ3n) is 3.64. The third-order valence-corrected chi connectivity index (χ3v) is 3.64. The molecular formula is C15H20N4O2. The van der Waals surface area contributed by atoms with E-state index in [1.807, 2.05) is 18.2 Å². The van der Waals surface area contributed by atoms with Crippen LogP contribution in [-0.2, 0) is 11.3 Å². The largest absolute Gasteiger partial charge is 0.379 e. The van der Waals surface area contributed by atoms with E-state index in [1.54, 1.807) is 16.7 Å². The summed E-state index contributed by atoms with van der Waals surface area (Å²) in [5, 5.41) is 3.35. The number of hydrogen-bond acceptors (Lipinski definition) is 5. The molecule has 1 N–H and O–H groups in total. The zero-order valence-electron chi connectivity index (χ0n) is 12.0. The Morgan fingerprint density at radius 1 is 1.29 bits per heavy atom. The van der Waals surface area contributed by atoms with Crippen molar-refractivity contribution in [2.75, 3.05) is 39.4 Å². The van der Waals surface area contributed by atoms with Crippen molar-refractivity contribution in [3.8, 4) is 0 Å². The smallest absolute Gasteiger partial charge is 0.258 e. The minimum Gasteiger partial charge on any atom is -0.379 e. The number of pyridine rings is 1. The molecule has 1 aliphatic rings. The minimum absolute atomic E-state index is 0.0365. The van der Waals surface area contributed by atoms with Gasteiger partial charge in [-0.25, -0.2) is 4.98 Å². The Hall–Kier alpha value is -1.76. The van der Waals surface area contributed by atoms with Crippen molar-refractivity contribution in [1.82, 2.24) is 19.6 Å². The molecule has 0 radical (unpaired) electrons. The standard InChI is InChI=1S/C15H20N4O2/c20-15-11-13(17-14-3-1-2-5-19(14)15)12-16-4-6-18-7-9-21-10-8-18/h1-3,5,11,16H,4,6-10,12H2. The molecule has 2 aromatic heterocycles. The van der Waals surface area contributed by atoms with Gasteiger partial charge >= 0.3 is 0 Å². The van der Waals surface area contributed by atoms with Gasteiger partial charge in [0.1, 0.15) is 5.65 Å². The lowest BCUT2D eigenvalue weighted by atomic mass is 10.3. The first kappa shape index (κ1) is 14.2. The van der Waals surface area contributed by atoms with E-state index in [4.69, 9.17) is 4.74 Å². The normalized spacial score (nSPS) is 16.4. The van der Waals surface area contributed by atoms with Gasteiger partial charge < -0.3 is 10.1 Å². The first-order chi connectivity index (χ1) is 10.3. The van der Waals surface area contributed by atoms with Crippen molar-refractivity contribution in [3.63, 3.8) is 0 Å². The van der Waals surface area contributed by atoms with Crippen LogP contribution in [0.25, 0.3) is 5.65 Å². The van der Waals surface area contributed by atoms with E-state index in [1.165, 1.54) is 0 Å². The highest BCUT2D eigenvalue weighted by atomic mass is 16.5. The zero-order chi connectivity index (χ0) is 14.5. The fourth-order valence-electron chi connectivity index (χ4n) is 2.47. The van der Waals surface area contributed by atoms with E-state index in [0.29, 0.717) is 12.2 Å². The van der Waals surface area contributed by atoms with Crippen LogP contribution in [-0.4, -0.2) is 53.7 Å². The summed E-state index contributed by atoms with van der Waals surface area (Å²) in [4.78, 5) is 18.8. The monoisotopic (exact) mass is 288 g/mol. The molecule has 6 heteroatoms. The molecule has 112 valence electrons. The van der Waals surface area contributed by atoms with Gasteiger partial charge in [-0.3, -0.25) is 14.1 Å². The summed E-state index contributed by atoms with van der Waals surface area (Å²) >= 11 is 0. The molecule has 1 aliphatic heterocycles. The molecule has 0 spiro atoms. The third kappa shape index (κ3) is 3.66. The van der Waals surface area contributed by atoms with Crippen molar-refractivity contribution < 1.29 is 4.74 Å². The molecule has 0 saturated carbocycles. The van der Waals surface area contributed by atoms with Gasteiger partial charge in [-0.1, -0.05) is 6.07 Å². The molecule has 21 heavy (non-hydrogen) atoms. The van der Waals surface area contributed by atoms with Gasteiger partial charge in [0.15, 0.2) is 0 Å². The molecule has 3 rings (SSSR count). The van der Waals surface area contributed by atoms with Crippen molar-refractivity contribution >= 4 is 5.65 Å². The lowest BCUT2D eigenvalue weighted by Gasteiger charge is -2.26. The predicted octanol–water partition coefficient (Wildman–Crippen LogP) is 0.116. The maximum absolute atomic E-state index is 12.0. The summed E-state index contributed by atoms with van der Waals surface area (Å²) in [6.07, 6.45) is 1.74. The Morgan fingerprint density at radius 2 is 2.14 bits per heavy atom. The second-order valence-corrected chi connectivity index (χ2v) is 5.15. The molecule has 0 aromatic carbocycles. The molecule has 6 nitrogen and oxygen atoms in total. The number of ether oxygens (including phenoxy) is 1. The van der Waals surface area contributed by atoms with Crippen molar-refractivity contribution in [1.29, 1.82) is 0 Å². The van der Waals surface area contributed by atoms with E-state index in [9.17, 15) is 4.79 Å². The van der Waals surface area contributed by atoms with E-state index in [2.05, 4.69) is 15.2 Å². The van der Waals surface area contributed by atoms with Gasteiger partial charge in [-0.15, -0.1) is 0 Å². The number of morpholine rings is 1. The average Bonchev–Trinajstić information content (AvgIpc) is 2.53. The fraction of sp³-hybridized carbons (Fsp3) is 0.467. The van der Waals surface area contributed by atoms with E-state index in [-0.39, 0.29) is 5.56 Å². The number of aromatic nitrogens is 2. The number of fused-ring (bicyclic) bond motifs is 1. The van der Waals surface area contributed by atoms with Crippen LogP contribution in [0, 0.1) is 0 Å². The highest BCUT2D eigenvalue weighted by Crippen LogP contribution is 1.99. The number of nitrogens with zero attached hydrogens (tertiary/aromatic N) is 3. The zero-order valence-corrected chi connectivity index (χ0v) is 12.0. The molecule has 3 heterocycles. The van der Waals surface area contributed by atoms with Crippen LogP contribution < -0.4 is 10.9 Å². The SMILES string of the molecule is O=c1cc(CNCCN2CCOCC2)nc2ccccn12. The van der Waals surface area contributed by atoms with Gasteiger partial charge in [0.2, 0.25) is 0 Å². The molecule has 0 unspecified atom stereocenters. The Labute approximate surface area is 123 Å². The number of hydrogen-bond donors (Lipinski definition) is 1. The lowest BCUT2D eigenvalue weighted by molar-refractivity contribution is 0.0384. The van der Waals surface area contributed by atoms with Gasteiger partial charge in [0.05, 0.1) is 18.9 Å². The molecule has 0 aliphatic carbocycles. The highest BCUT2D eigenvalue weighted by molar-refractivity contribution is 5.37. The first-order valence-corrected chi connectivity index (χ1v) is 7.31. The molecule has 0 bridgehead atoms. The maximum Gasteiger partial charge on any atom is 0.258 e. The summed E-state index contributed by atoms with van der Waals surface area (Å²) in [5.41, 5.74) is 1.44. The van der Waals surface area contributed by atoms with Crippen LogP contribution >= 0.6 is 0 Å². The summed E-state index contributed by atoms with van der Waals surface area (Å²) < 4.78 is 6.87. The van der Waals surface area contributed by atoms with Crippen LogP contribution in [0.4, 0.5) is 0 Å². The van der Waals surface area contributed by atoms with Crippen LogP contribution in [0.2, 0.25) is 0 Å². The Balaban J connectivity index is 1.54. The number of nitrogens with one attached hydrogen (secondary N) is 1. The average molecular weight is 288 g/mol. The summed E-state index contributed by atoms with van der Waals surface area (Å²) in [7, 11) is 0. The Bertz CT molecular complexity index is 649. The topological polar surface area (TPSA) is 58.9 Å². The Kier molecular flexibility index (Phi) is 4.59. The highest BCUT2D eigenvalue weighted by Gasteiger charge is 2.09. The van der Waals surface area contributed by atoms with E-state index >= 15 is 0 Å². The molecular weight excluding hydrogens is 268 g/mol. The van der Waals surface area contributed by atoms with Crippen molar-refractivity contribution in [2.45, 2.75) is 6.54 Å². The van der Waals surface area contributed by atoms with Crippen LogP contribution in [0.15, 0.2) is 35.3 Å². The summed E-state index contributed by atoms with van der Waals surface area (Å²) in [5.74, 6) is 0. The number of rotatable bonds is 5. The van der Waals surface area contributed by atoms with E-state index < -0.39 is 0 Å². The van der Waals surface area contributed by atoms with Crippen LogP contribution in [0.1, 0.15) is 5.69 Å². The molecule has 1 fully saturated rings. The van der Waals surface area contributed by atoms with Crippen molar-refractivity contribution in [2.24, 2.45) is 0 Å². The maximum atomic E-state index is 12.0. The van der Waals surface area contributed by atoms with Gasteiger partial charge in [0.25, 0.3) is 5.56 Å². The van der Waals surface area contributed by atoms with E-state index in [0.717, 1.165) is 45.1 Å². The summed E-state index contributed by atoms with van der Waals surface area (Å²) in [6.45, 7) is 6.14. The first-order valence-electron chi connectivity index (χ1n) is 7.31. The Morgan fingerprint density at radius 3 is 3.00 bits per heavy atom. The predicted molar refractivity (Wildman–Crippen MR) is 80.4 cm³/mol. The fourth-order valence-corrected chi connectivity index (χ4v) is 2.47. The molecule has 1 saturated heterocycles. The van der Waals surface area contributed by atoms with Crippen LogP contribution in [0.5, 0.6) is 0 Å². The quantitative estimate of drug-likeness (QED) is 0.792. The molecule has 0 atom stereocenters. The summed E-state index contributed by atoms with van der Waals surface area (Å²) in [6, 6.07) is 7.15. The van der Waals surface area contributed by atoms with Crippen LogP contribution in [0.3, 0.4) is 0 Å². The minimum atomic E-state index is -0.0365. The van der Waals surface area contributed by atoms with Crippen molar-refractivity contribution in [3.05, 3.63) is 46.5 Å². The molecule has 2 aromatic rings. The van der Waals surface area contributed by atoms with Gasteiger partial charge in [-0.05, 0) is 12.1 Å². The van der Waals surface area contributed by atoms with Gasteiger partial charge in [-0.2, -0.15) is 0 Å². The molecule has 0 amide bonds.